The SMILES string of the molecule is O=S(=O)([O-])CCCOc1ccc(/C=C/c2cc(Br)c(/C=C/c3ccc(OCCCS(=O)(=O)[O-])cc3)cc2Br)cc1.[K+].[K+]. The molecule has 0 heterocycles. The van der Waals surface area contributed by atoms with E-state index in [1.165, 1.54) is 0 Å². The summed E-state index contributed by atoms with van der Waals surface area (Å²) in [4.78, 5) is 0. The van der Waals surface area contributed by atoms with Crippen LogP contribution in [0.4, 0.5) is 0 Å². The van der Waals surface area contributed by atoms with Crippen molar-refractivity contribution in [1.82, 2.24) is 0 Å². The minimum absolute atomic E-state index is 0. The molecule has 3 aromatic rings. The molecule has 42 heavy (non-hydrogen) atoms. The van der Waals surface area contributed by atoms with E-state index in [4.69, 9.17) is 9.47 Å². The Bertz CT molecular complexity index is 1440. The van der Waals surface area contributed by atoms with Crippen LogP contribution >= 0.6 is 31.9 Å². The van der Waals surface area contributed by atoms with Gasteiger partial charge in [-0.3, -0.25) is 0 Å². The Morgan fingerprint density at radius 3 is 1.24 bits per heavy atom. The molecule has 0 N–H and O–H groups in total. The average Bonchev–Trinajstić information content (AvgIpc) is 2.89. The van der Waals surface area contributed by atoms with Gasteiger partial charge in [0.15, 0.2) is 0 Å². The van der Waals surface area contributed by atoms with Crippen LogP contribution in [0.1, 0.15) is 35.1 Å². The summed E-state index contributed by atoms with van der Waals surface area (Å²) in [5.41, 5.74) is 3.83. The van der Waals surface area contributed by atoms with E-state index in [2.05, 4.69) is 31.9 Å². The zero-order valence-electron chi connectivity index (χ0n) is 23.2. The fraction of sp³-hybridized carbons (Fsp3) is 0.214. The van der Waals surface area contributed by atoms with Crippen LogP contribution < -0.4 is 112 Å². The van der Waals surface area contributed by atoms with Crippen molar-refractivity contribution in [1.29, 1.82) is 0 Å². The van der Waals surface area contributed by atoms with E-state index in [-0.39, 0.29) is 129 Å². The minimum Gasteiger partial charge on any atom is -0.748 e. The molecule has 0 saturated heterocycles. The predicted octanol–water partition coefficient (Wildman–Crippen LogP) is 0.189. The summed E-state index contributed by atoms with van der Waals surface area (Å²) < 4.78 is 76.6. The predicted molar refractivity (Wildman–Crippen MR) is 162 cm³/mol. The molecule has 0 bridgehead atoms. The Kier molecular flexibility index (Phi) is 19.6. The van der Waals surface area contributed by atoms with Gasteiger partial charge < -0.3 is 18.6 Å². The molecular formula is C28H26Br2K2O8S2. The third-order valence-electron chi connectivity index (χ3n) is 5.40. The molecule has 214 valence electrons. The second-order valence-electron chi connectivity index (χ2n) is 8.63. The maximum absolute atomic E-state index is 10.6. The van der Waals surface area contributed by atoms with Gasteiger partial charge in [-0.1, -0.05) is 80.4 Å². The molecule has 8 nitrogen and oxygen atoms in total. The molecule has 0 aliphatic rings. The van der Waals surface area contributed by atoms with Gasteiger partial charge in [0.1, 0.15) is 11.5 Å². The molecule has 0 saturated carbocycles. The zero-order chi connectivity index (χ0) is 29.2. The summed E-state index contributed by atoms with van der Waals surface area (Å²) in [5.74, 6) is 0.298. The van der Waals surface area contributed by atoms with Crippen LogP contribution in [-0.4, -0.2) is 50.7 Å². The van der Waals surface area contributed by atoms with Gasteiger partial charge in [0.25, 0.3) is 0 Å². The average molecular weight is 793 g/mol. The number of ether oxygens (including phenoxy) is 2. The van der Waals surface area contributed by atoms with Crippen molar-refractivity contribution in [3.8, 4) is 11.5 Å². The van der Waals surface area contributed by atoms with Crippen molar-refractivity contribution in [3.05, 3.63) is 91.9 Å². The zero-order valence-corrected chi connectivity index (χ0v) is 34.2. The fourth-order valence-corrected chi connectivity index (χ4v) is 5.34. The van der Waals surface area contributed by atoms with E-state index in [1.54, 1.807) is 24.3 Å². The van der Waals surface area contributed by atoms with E-state index in [0.717, 1.165) is 31.2 Å². The van der Waals surface area contributed by atoms with Crippen molar-refractivity contribution < 1.29 is 138 Å². The summed E-state index contributed by atoms with van der Waals surface area (Å²) in [6.07, 6.45) is 8.15. The van der Waals surface area contributed by atoms with Gasteiger partial charge >= 0.3 is 103 Å². The van der Waals surface area contributed by atoms with Crippen LogP contribution in [0, 0.1) is 0 Å². The number of rotatable bonds is 14. The topological polar surface area (TPSA) is 133 Å². The molecule has 0 spiro atoms. The van der Waals surface area contributed by atoms with Crippen LogP contribution in [-0.2, 0) is 20.2 Å². The maximum Gasteiger partial charge on any atom is 1.00 e. The van der Waals surface area contributed by atoms with Gasteiger partial charge in [-0.2, -0.15) is 0 Å². The Balaban J connectivity index is 0.00000441. The monoisotopic (exact) mass is 790 g/mol. The number of hydrogen-bond acceptors (Lipinski definition) is 8. The molecule has 0 amide bonds. The van der Waals surface area contributed by atoms with Crippen molar-refractivity contribution in [2.75, 3.05) is 24.7 Å². The van der Waals surface area contributed by atoms with E-state index < -0.39 is 31.7 Å². The summed E-state index contributed by atoms with van der Waals surface area (Å²) in [6, 6.07) is 18.6. The van der Waals surface area contributed by atoms with E-state index in [0.29, 0.717) is 11.5 Å². The van der Waals surface area contributed by atoms with Crippen LogP contribution in [0.3, 0.4) is 0 Å². The number of benzene rings is 3. The second-order valence-corrected chi connectivity index (χ2v) is 13.4. The Labute approximate surface area is 349 Å². The van der Waals surface area contributed by atoms with Crippen LogP contribution in [0.25, 0.3) is 24.3 Å². The smallest absolute Gasteiger partial charge is 0.748 e. The van der Waals surface area contributed by atoms with E-state index >= 15 is 0 Å². The van der Waals surface area contributed by atoms with Gasteiger partial charge in [0.2, 0.25) is 0 Å². The molecule has 0 unspecified atom stereocenters. The number of hydrogen-bond donors (Lipinski definition) is 0. The summed E-state index contributed by atoms with van der Waals surface area (Å²) >= 11 is 7.26. The van der Waals surface area contributed by atoms with Crippen molar-refractivity contribution in [2.45, 2.75) is 12.8 Å². The van der Waals surface area contributed by atoms with E-state index in [1.807, 2.05) is 60.7 Å². The molecule has 0 radical (unpaired) electrons. The normalized spacial score (nSPS) is 11.7. The Morgan fingerprint density at radius 2 is 0.929 bits per heavy atom. The van der Waals surface area contributed by atoms with Crippen molar-refractivity contribution in [2.24, 2.45) is 0 Å². The van der Waals surface area contributed by atoms with Gasteiger partial charge in [-0.05, 0) is 71.5 Å². The second kappa shape index (κ2) is 20.1. The van der Waals surface area contributed by atoms with Gasteiger partial charge in [-0.15, -0.1) is 0 Å². The van der Waals surface area contributed by atoms with E-state index in [9.17, 15) is 25.9 Å². The molecule has 3 rings (SSSR count). The minimum atomic E-state index is -4.23. The Hall–Kier alpha value is 0.793. The first-order valence-corrected chi connectivity index (χ1v) is 16.8. The first-order valence-electron chi connectivity index (χ1n) is 12.1. The Morgan fingerprint density at radius 1 is 0.595 bits per heavy atom. The quantitative estimate of drug-likeness (QED) is 0.0980. The van der Waals surface area contributed by atoms with Crippen molar-refractivity contribution >= 4 is 76.4 Å². The standard InChI is InChI=1S/C28H28Br2O8S2.2K/c29-27-20-24(10-4-22-7-13-26(14-8-22)38-16-2-18-40(34,35)36)28(30)19-23(27)9-3-21-5-11-25(12-6-21)37-15-1-17-39(31,32)33;;/h3-14,19-20H,1-2,15-18H2,(H,31,32,33)(H,34,35,36);;/q;2*+1/p-2/b9-3+,10-4+;;. The van der Waals surface area contributed by atoms with Crippen molar-refractivity contribution in [3.63, 3.8) is 0 Å². The van der Waals surface area contributed by atoms with Gasteiger partial charge in [0.05, 0.1) is 33.5 Å². The van der Waals surface area contributed by atoms with Crippen LogP contribution in [0.2, 0.25) is 0 Å². The van der Waals surface area contributed by atoms with Crippen LogP contribution in [0.5, 0.6) is 11.5 Å². The molecule has 0 atom stereocenters. The first-order chi connectivity index (χ1) is 18.9. The fourth-order valence-electron chi connectivity index (χ4n) is 3.41. The van der Waals surface area contributed by atoms with Gasteiger partial charge in [-0.25, -0.2) is 16.8 Å². The first kappa shape index (κ1) is 40.8. The molecule has 0 aromatic heterocycles. The summed E-state index contributed by atoms with van der Waals surface area (Å²) in [6.45, 7) is 0.302. The molecule has 0 aliphatic carbocycles. The van der Waals surface area contributed by atoms with Crippen LogP contribution in [0.15, 0.2) is 69.6 Å². The summed E-state index contributed by atoms with van der Waals surface area (Å²) in [5, 5.41) is 0. The largest absolute Gasteiger partial charge is 1.00 e. The molecule has 3 aromatic carbocycles. The molecule has 0 fully saturated rings. The van der Waals surface area contributed by atoms with Gasteiger partial charge in [0, 0.05) is 20.5 Å². The molecule has 0 aliphatic heterocycles. The molecular weight excluding hydrogens is 766 g/mol. The number of halogens is 2. The molecule has 14 heteroatoms. The third kappa shape index (κ3) is 16.4. The maximum atomic E-state index is 10.6. The third-order valence-corrected chi connectivity index (χ3v) is 8.35. The summed E-state index contributed by atoms with van der Waals surface area (Å²) in [7, 11) is -8.45.